The fraction of sp³-hybridized carbons (Fsp3) is 0.875. The van der Waals surface area contributed by atoms with Crippen LogP contribution in [0.4, 0.5) is 13.2 Å². The highest BCUT2D eigenvalue weighted by Crippen LogP contribution is 2.38. The van der Waals surface area contributed by atoms with Crippen LogP contribution in [0.15, 0.2) is 0 Å². The van der Waals surface area contributed by atoms with Gasteiger partial charge in [-0.2, -0.15) is 13.2 Å². The van der Waals surface area contributed by atoms with Crippen molar-refractivity contribution in [2.24, 2.45) is 11.7 Å². The summed E-state index contributed by atoms with van der Waals surface area (Å²) < 4.78 is 39.5. The van der Waals surface area contributed by atoms with E-state index in [9.17, 15) is 18.0 Å². The molecule has 0 amide bonds. The lowest BCUT2D eigenvalue weighted by Crippen LogP contribution is -2.54. The second-order valence-electron chi connectivity index (χ2n) is 3.73. The van der Waals surface area contributed by atoms with Gasteiger partial charge in [0.25, 0.3) is 0 Å². The van der Waals surface area contributed by atoms with E-state index < -0.39 is 30.9 Å². The van der Waals surface area contributed by atoms with Crippen LogP contribution in [-0.2, 0) is 9.53 Å². The maximum absolute atomic E-state index is 11.7. The fourth-order valence-electron chi connectivity index (χ4n) is 1.29. The Labute approximate surface area is 84.2 Å². The Morgan fingerprint density at radius 3 is 2.27 bits per heavy atom. The van der Waals surface area contributed by atoms with E-state index in [4.69, 9.17) is 10.8 Å². The molecular formula is C8H12F3NO3. The number of hydrogen-bond donors (Lipinski definition) is 2. The molecule has 0 radical (unpaired) electrons. The van der Waals surface area contributed by atoms with Crippen LogP contribution < -0.4 is 5.73 Å². The minimum absolute atomic E-state index is 0.275. The summed E-state index contributed by atoms with van der Waals surface area (Å²) in [6.07, 6.45) is -3.21. The first-order valence-electron chi connectivity index (χ1n) is 4.42. The fourth-order valence-corrected chi connectivity index (χ4v) is 1.29. The Hall–Kier alpha value is -0.820. The molecule has 1 fully saturated rings. The SMILES string of the molecule is NC(COCC(F)(F)F)(C(=O)O)C1CC1. The Morgan fingerprint density at radius 2 is 1.93 bits per heavy atom. The lowest BCUT2D eigenvalue weighted by Gasteiger charge is -2.24. The van der Waals surface area contributed by atoms with Gasteiger partial charge in [-0.05, 0) is 18.8 Å². The lowest BCUT2D eigenvalue weighted by molar-refractivity contribution is -0.181. The summed E-state index contributed by atoms with van der Waals surface area (Å²) in [7, 11) is 0. The third-order valence-electron chi connectivity index (χ3n) is 2.31. The normalized spacial score (nSPS) is 21.1. The molecule has 3 N–H and O–H groups in total. The molecule has 1 saturated carbocycles. The van der Waals surface area contributed by atoms with Gasteiger partial charge >= 0.3 is 12.1 Å². The first kappa shape index (κ1) is 12.3. The third-order valence-corrected chi connectivity index (χ3v) is 2.31. The van der Waals surface area contributed by atoms with Crippen LogP contribution in [0, 0.1) is 5.92 Å². The number of nitrogens with two attached hydrogens (primary N) is 1. The molecule has 1 aliphatic carbocycles. The topological polar surface area (TPSA) is 72.5 Å². The van der Waals surface area contributed by atoms with E-state index in [0.29, 0.717) is 12.8 Å². The van der Waals surface area contributed by atoms with Crippen molar-refractivity contribution in [1.29, 1.82) is 0 Å². The van der Waals surface area contributed by atoms with E-state index in [2.05, 4.69) is 4.74 Å². The Bertz CT molecular complexity index is 252. The van der Waals surface area contributed by atoms with Crippen molar-refractivity contribution < 1.29 is 27.8 Å². The largest absolute Gasteiger partial charge is 0.480 e. The van der Waals surface area contributed by atoms with Crippen LogP contribution in [0.1, 0.15) is 12.8 Å². The highest BCUT2D eigenvalue weighted by Gasteiger charge is 2.49. The zero-order valence-electron chi connectivity index (χ0n) is 7.88. The van der Waals surface area contributed by atoms with Gasteiger partial charge in [0.15, 0.2) is 0 Å². The number of ether oxygens (including phenoxy) is 1. The van der Waals surface area contributed by atoms with Gasteiger partial charge in [-0.15, -0.1) is 0 Å². The van der Waals surface area contributed by atoms with Crippen LogP contribution in [0.25, 0.3) is 0 Å². The Kier molecular flexibility index (Phi) is 3.25. The standard InChI is InChI=1S/C8H12F3NO3/c9-8(10,11)4-15-3-7(12,6(13)14)5-1-2-5/h5H,1-4,12H2,(H,13,14). The van der Waals surface area contributed by atoms with Crippen LogP contribution >= 0.6 is 0 Å². The number of carboxylic acid groups (broad SMARTS) is 1. The second-order valence-corrected chi connectivity index (χ2v) is 3.73. The van der Waals surface area contributed by atoms with Crippen LogP contribution in [0.2, 0.25) is 0 Å². The van der Waals surface area contributed by atoms with Crippen molar-refractivity contribution in [3.63, 3.8) is 0 Å². The summed E-state index contributed by atoms with van der Waals surface area (Å²) in [5.74, 6) is -1.59. The van der Waals surface area contributed by atoms with Crippen molar-refractivity contribution >= 4 is 5.97 Å². The molecule has 0 spiro atoms. The van der Waals surface area contributed by atoms with Gasteiger partial charge in [-0.3, -0.25) is 4.79 Å². The van der Waals surface area contributed by atoms with Gasteiger partial charge in [0.05, 0.1) is 6.61 Å². The molecule has 1 unspecified atom stereocenters. The van der Waals surface area contributed by atoms with Gasteiger partial charge in [-0.1, -0.05) is 0 Å². The summed E-state index contributed by atoms with van der Waals surface area (Å²) in [6, 6.07) is 0. The molecule has 0 aromatic carbocycles. The van der Waals surface area contributed by atoms with E-state index >= 15 is 0 Å². The summed E-state index contributed by atoms with van der Waals surface area (Å²) in [5, 5.41) is 8.79. The summed E-state index contributed by atoms with van der Waals surface area (Å²) in [4.78, 5) is 10.8. The number of alkyl halides is 3. The molecule has 0 aromatic rings. The van der Waals surface area contributed by atoms with E-state index in [1.165, 1.54) is 0 Å². The number of rotatable bonds is 5. The maximum Gasteiger partial charge on any atom is 0.411 e. The summed E-state index contributed by atoms with van der Waals surface area (Å²) in [6.45, 7) is -2.07. The molecule has 15 heavy (non-hydrogen) atoms. The average molecular weight is 227 g/mol. The van der Waals surface area contributed by atoms with Gasteiger partial charge in [0.2, 0.25) is 0 Å². The Morgan fingerprint density at radius 1 is 1.40 bits per heavy atom. The third kappa shape index (κ3) is 3.35. The van der Waals surface area contributed by atoms with E-state index in [-0.39, 0.29) is 5.92 Å². The zero-order valence-corrected chi connectivity index (χ0v) is 7.88. The molecule has 0 heterocycles. The maximum atomic E-state index is 11.7. The molecule has 0 bridgehead atoms. The first-order valence-corrected chi connectivity index (χ1v) is 4.42. The minimum Gasteiger partial charge on any atom is -0.480 e. The molecule has 7 heteroatoms. The number of hydrogen-bond acceptors (Lipinski definition) is 3. The van der Waals surface area contributed by atoms with E-state index in [1.807, 2.05) is 0 Å². The van der Waals surface area contributed by atoms with Gasteiger partial charge in [0, 0.05) is 0 Å². The highest BCUT2D eigenvalue weighted by atomic mass is 19.4. The first-order chi connectivity index (χ1) is 6.76. The van der Waals surface area contributed by atoms with Crippen LogP contribution in [0.5, 0.6) is 0 Å². The number of aliphatic carboxylic acids is 1. The summed E-state index contributed by atoms with van der Waals surface area (Å²) >= 11 is 0. The van der Waals surface area contributed by atoms with Gasteiger partial charge in [-0.25, -0.2) is 0 Å². The minimum atomic E-state index is -4.46. The molecule has 88 valence electrons. The second kappa shape index (κ2) is 3.97. The molecule has 4 nitrogen and oxygen atoms in total. The molecule has 0 aromatic heterocycles. The van der Waals surface area contributed by atoms with Crippen LogP contribution in [0.3, 0.4) is 0 Å². The van der Waals surface area contributed by atoms with Crippen molar-refractivity contribution in [3.05, 3.63) is 0 Å². The molecule has 1 aliphatic rings. The van der Waals surface area contributed by atoms with Crippen molar-refractivity contribution in [1.82, 2.24) is 0 Å². The monoisotopic (exact) mass is 227 g/mol. The summed E-state index contributed by atoms with van der Waals surface area (Å²) in [5.41, 5.74) is 3.81. The zero-order chi connectivity index (χ0) is 11.7. The van der Waals surface area contributed by atoms with E-state index in [0.717, 1.165) is 0 Å². The lowest BCUT2D eigenvalue weighted by atomic mass is 9.96. The molecule has 0 saturated heterocycles. The predicted molar refractivity (Wildman–Crippen MR) is 44.2 cm³/mol. The molecular weight excluding hydrogens is 215 g/mol. The van der Waals surface area contributed by atoms with Crippen molar-refractivity contribution in [2.75, 3.05) is 13.2 Å². The van der Waals surface area contributed by atoms with Crippen LogP contribution in [-0.4, -0.2) is 36.0 Å². The smallest absolute Gasteiger partial charge is 0.411 e. The Balaban J connectivity index is 2.43. The number of carbonyl (C=O) groups is 1. The van der Waals surface area contributed by atoms with Gasteiger partial charge in [0.1, 0.15) is 12.1 Å². The predicted octanol–water partition coefficient (Wildman–Crippen LogP) is 0.757. The molecule has 0 aliphatic heterocycles. The highest BCUT2D eigenvalue weighted by molar-refractivity contribution is 5.79. The number of halogens is 3. The quantitative estimate of drug-likeness (QED) is 0.727. The van der Waals surface area contributed by atoms with Gasteiger partial charge < -0.3 is 15.6 Å². The van der Waals surface area contributed by atoms with Crippen molar-refractivity contribution in [2.45, 2.75) is 24.6 Å². The van der Waals surface area contributed by atoms with E-state index in [1.54, 1.807) is 0 Å². The van der Waals surface area contributed by atoms with Crippen molar-refractivity contribution in [3.8, 4) is 0 Å². The molecule has 1 rings (SSSR count). The molecule has 1 atom stereocenters. The number of carboxylic acids is 1. The average Bonchev–Trinajstić information content (AvgIpc) is 2.82.